The number of hydrogen-bond acceptors (Lipinski definition) is 4. The molecule has 22 heavy (non-hydrogen) atoms. The quantitative estimate of drug-likeness (QED) is 0.869. The molecule has 0 aromatic heterocycles. The van der Waals surface area contributed by atoms with E-state index < -0.39 is 0 Å². The molecule has 0 aliphatic carbocycles. The second-order valence-corrected chi connectivity index (χ2v) is 5.97. The topological polar surface area (TPSA) is 50.8 Å². The van der Waals surface area contributed by atoms with Crippen molar-refractivity contribution in [2.24, 2.45) is 5.92 Å². The molecule has 0 bridgehead atoms. The summed E-state index contributed by atoms with van der Waals surface area (Å²) in [5.74, 6) is 2.01. The first-order valence-corrected chi connectivity index (χ1v) is 7.78. The highest BCUT2D eigenvalue weighted by Gasteiger charge is 2.17. The number of amides is 1. The van der Waals surface area contributed by atoms with Crippen molar-refractivity contribution in [3.63, 3.8) is 0 Å². The van der Waals surface area contributed by atoms with E-state index >= 15 is 0 Å². The van der Waals surface area contributed by atoms with Crippen molar-refractivity contribution in [1.82, 2.24) is 10.2 Å². The maximum Gasteiger partial charge on any atom is 0.224 e. The molecule has 5 nitrogen and oxygen atoms in total. The number of nitrogens with zero attached hydrogens (tertiary/aromatic N) is 1. The van der Waals surface area contributed by atoms with Gasteiger partial charge in [0.25, 0.3) is 0 Å². The molecule has 0 radical (unpaired) electrons. The van der Waals surface area contributed by atoms with Crippen LogP contribution in [0.4, 0.5) is 0 Å². The van der Waals surface area contributed by atoms with Crippen LogP contribution in [0.25, 0.3) is 0 Å². The second kappa shape index (κ2) is 8.03. The van der Waals surface area contributed by atoms with Gasteiger partial charge in [0, 0.05) is 19.2 Å². The van der Waals surface area contributed by atoms with Crippen LogP contribution in [-0.4, -0.2) is 51.7 Å². The molecule has 1 saturated heterocycles. The van der Waals surface area contributed by atoms with Crippen LogP contribution in [0.1, 0.15) is 18.4 Å². The summed E-state index contributed by atoms with van der Waals surface area (Å²) in [5.41, 5.74) is 0.898. The van der Waals surface area contributed by atoms with Crippen LogP contribution in [0, 0.1) is 5.92 Å². The van der Waals surface area contributed by atoms with E-state index in [1.54, 1.807) is 20.3 Å². The third-order valence-electron chi connectivity index (χ3n) is 4.09. The lowest BCUT2D eigenvalue weighted by molar-refractivity contribution is -0.120. The molecule has 1 fully saturated rings. The van der Waals surface area contributed by atoms with Gasteiger partial charge in [0.2, 0.25) is 5.91 Å². The van der Waals surface area contributed by atoms with Crippen molar-refractivity contribution in [3.05, 3.63) is 23.8 Å². The molecule has 0 saturated carbocycles. The summed E-state index contributed by atoms with van der Waals surface area (Å²) in [5, 5.41) is 3.05. The van der Waals surface area contributed by atoms with E-state index in [2.05, 4.69) is 17.3 Å². The molecular formula is C17H26N2O3. The number of methoxy groups -OCH3 is 2. The molecular weight excluding hydrogens is 280 g/mol. The predicted molar refractivity (Wildman–Crippen MR) is 86.5 cm³/mol. The maximum atomic E-state index is 12.1. The monoisotopic (exact) mass is 306 g/mol. The Labute approximate surface area is 132 Å². The zero-order chi connectivity index (χ0) is 15.9. The first-order valence-electron chi connectivity index (χ1n) is 7.78. The second-order valence-electron chi connectivity index (χ2n) is 5.97. The Morgan fingerprint density at radius 3 is 2.55 bits per heavy atom. The fraction of sp³-hybridized carbons (Fsp3) is 0.588. The van der Waals surface area contributed by atoms with Gasteiger partial charge in [-0.1, -0.05) is 0 Å². The van der Waals surface area contributed by atoms with Crippen LogP contribution in [0.2, 0.25) is 0 Å². The van der Waals surface area contributed by atoms with Gasteiger partial charge in [0.1, 0.15) is 11.5 Å². The number of hydrogen-bond donors (Lipinski definition) is 1. The Morgan fingerprint density at radius 1 is 1.27 bits per heavy atom. The standard InChI is InChI=1S/C17H26N2O3/c1-19-6-4-5-13(12-19)11-18-17(20)9-14-7-15(21-2)10-16(8-14)22-3/h7-8,10,13H,4-6,9,11-12H2,1-3H3,(H,18,20)/t13-/m1/s1. The summed E-state index contributed by atoms with van der Waals surface area (Å²) < 4.78 is 10.5. The van der Waals surface area contributed by atoms with Gasteiger partial charge in [-0.05, 0) is 50.0 Å². The number of likely N-dealkylation sites (tertiary alicyclic amines) is 1. The van der Waals surface area contributed by atoms with Crippen LogP contribution >= 0.6 is 0 Å². The molecule has 1 heterocycles. The lowest BCUT2D eigenvalue weighted by Gasteiger charge is -2.29. The van der Waals surface area contributed by atoms with Gasteiger partial charge in [-0.25, -0.2) is 0 Å². The number of piperidine rings is 1. The number of ether oxygens (including phenoxy) is 2. The minimum atomic E-state index is 0.0449. The summed E-state index contributed by atoms with van der Waals surface area (Å²) in [4.78, 5) is 14.5. The third-order valence-corrected chi connectivity index (χ3v) is 4.09. The first kappa shape index (κ1) is 16.6. The van der Waals surface area contributed by atoms with Crippen molar-refractivity contribution in [2.75, 3.05) is 40.9 Å². The van der Waals surface area contributed by atoms with Crippen LogP contribution in [-0.2, 0) is 11.2 Å². The highest BCUT2D eigenvalue weighted by molar-refractivity contribution is 5.78. The van der Waals surface area contributed by atoms with E-state index in [1.807, 2.05) is 12.1 Å². The Balaban J connectivity index is 1.86. The van der Waals surface area contributed by atoms with Crippen molar-refractivity contribution >= 4 is 5.91 Å². The van der Waals surface area contributed by atoms with E-state index in [-0.39, 0.29) is 5.91 Å². The van der Waals surface area contributed by atoms with Crippen molar-refractivity contribution in [2.45, 2.75) is 19.3 Å². The summed E-state index contributed by atoms with van der Waals surface area (Å²) in [6, 6.07) is 5.55. The molecule has 1 aromatic carbocycles. The predicted octanol–water partition coefficient (Wildman–Crippen LogP) is 1.70. The molecule has 1 N–H and O–H groups in total. The van der Waals surface area contributed by atoms with Gasteiger partial charge in [-0.15, -0.1) is 0 Å². The van der Waals surface area contributed by atoms with Gasteiger partial charge in [0.15, 0.2) is 0 Å². The van der Waals surface area contributed by atoms with Gasteiger partial charge < -0.3 is 19.7 Å². The molecule has 1 atom stereocenters. The van der Waals surface area contributed by atoms with Gasteiger partial charge in [-0.2, -0.15) is 0 Å². The molecule has 2 rings (SSSR count). The molecule has 122 valence electrons. The molecule has 1 aliphatic rings. The largest absolute Gasteiger partial charge is 0.497 e. The first-order chi connectivity index (χ1) is 10.6. The van der Waals surface area contributed by atoms with E-state index in [4.69, 9.17) is 9.47 Å². The molecule has 0 unspecified atom stereocenters. The third kappa shape index (κ3) is 4.91. The highest BCUT2D eigenvalue weighted by atomic mass is 16.5. The summed E-state index contributed by atoms with van der Waals surface area (Å²) >= 11 is 0. The molecule has 1 aromatic rings. The number of rotatable bonds is 6. The summed E-state index contributed by atoms with van der Waals surface area (Å²) in [6.07, 6.45) is 2.75. The van der Waals surface area contributed by atoms with Crippen molar-refractivity contribution in [1.29, 1.82) is 0 Å². The number of carbonyl (C=O) groups excluding carboxylic acids is 1. The zero-order valence-electron chi connectivity index (χ0n) is 13.7. The van der Waals surface area contributed by atoms with Gasteiger partial charge >= 0.3 is 0 Å². The van der Waals surface area contributed by atoms with Crippen molar-refractivity contribution in [3.8, 4) is 11.5 Å². The van der Waals surface area contributed by atoms with Crippen molar-refractivity contribution < 1.29 is 14.3 Å². The number of carbonyl (C=O) groups is 1. The van der Waals surface area contributed by atoms with Crippen LogP contribution < -0.4 is 14.8 Å². The fourth-order valence-electron chi connectivity index (χ4n) is 2.91. The van der Waals surface area contributed by atoms with Crippen LogP contribution in [0.15, 0.2) is 18.2 Å². The number of benzene rings is 1. The van der Waals surface area contributed by atoms with Gasteiger partial charge in [-0.3, -0.25) is 4.79 Å². The highest BCUT2D eigenvalue weighted by Crippen LogP contribution is 2.22. The summed E-state index contributed by atoms with van der Waals surface area (Å²) in [6.45, 7) is 2.98. The maximum absolute atomic E-state index is 12.1. The molecule has 1 amide bonds. The SMILES string of the molecule is COc1cc(CC(=O)NC[C@H]2CCCN(C)C2)cc(OC)c1. The molecule has 5 heteroatoms. The Morgan fingerprint density at radius 2 is 1.95 bits per heavy atom. The fourth-order valence-corrected chi connectivity index (χ4v) is 2.91. The minimum Gasteiger partial charge on any atom is -0.497 e. The average molecular weight is 306 g/mol. The van der Waals surface area contributed by atoms with E-state index in [0.717, 1.165) is 25.2 Å². The van der Waals surface area contributed by atoms with E-state index in [0.29, 0.717) is 23.8 Å². The zero-order valence-corrected chi connectivity index (χ0v) is 13.7. The average Bonchev–Trinajstić information content (AvgIpc) is 2.52. The molecule has 1 aliphatic heterocycles. The Bertz CT molecular complexity index is 482. The summed E-state index contributed by atoms with van der Waals surface area (Å²) in [7, 11) is 5.35. The smallest absolute Gasteiger partial charge is 0.224 e. The van der Waals surface area contributed by atoms with E-state index in [9.17, 15) is 4.79 Å². The van der Waals surface area contributed by atoms with Crippen LogP contribution in [0.3, 0.4) is 0 Å². The molecule has 0 spiro atoms. The Hall–Kier alpha value is -1.75. The lowest BCUT2D eigenvalue weighted by atomic mass is 9.98. The lowest BCUT2D eigenvalue weighted by Crippen LogP contribution is -2.39. The Kier molecular flexibility index (Phi) is 6.07. The minimum absolute atomic E-state index is 0.0449. The van der Waals surface area contributed by atoms with Crippen LogP contribution in [0.5, 0.6) is 11.5 Å². The van der Waals surface area contributed by atoms with Gasteiger partial charge in [0.05, 0.1) is 20.6 Å². The normalized spacial score (nSPS) is 18.8. The number of nitrogens with one attached hydrogen (secondary N) is 1. The van der Waals surface area contributed by atoms with E-state index in [1.165, 1.54) is 12.8 Å².